The molecule has 31 heavy (non-hydrogen) atoms. The normalized spacial score (nSPS) is 14.3. The van der Waals surface area contributed by atoms with Crippen LogP contribution in [0, 0.1) is 0 Å². The van der Waals surface area contributed by atoms with E-state index < -0.39 is 0 Å². The Morgan fingerprint density at radius 2 is 1.61 bits per heavy atom. The van der Waals surface area contributed by atoms with Gasteiger partial charge in [0.2, 0.25) is 0 Å². The molecule has 0 aliphatic carbocycles. The molecule has 5 nitrogen and oxygen atoms in total. The van der Waals surface area contributed by atoms with E-state index in [0.717, 1.165) is 48.5 Å². The number of rotatable bonds is 6. The van der Waals surface area contributed by atoms with Crippen molar-refractivity contribution >= 4 is 17.3 Å². The molecule has 3 aromatic rings. The highest BCUT2D eigenvalue weighted by atomic mass is 16.5. The van der Waals surface area contributed by atoms with E-state index in [1.807, 2.05) is 60.7 Å². The van der Waals surface area contributed by atoms with Crippen LogP contribution in [0.25, 0.3) is 11.1 Å². The van der Waals surface area contributed by atoms with Gasteiger partial charge in [-0.15, -0.1) is 0 Å². The maximum Gasteiger partial charge on any atom is 0.255 e. The van der Waals surface area contributed by atoms with E-state index in [2.05, 4.69) is 22.3 Å². The second kappa shape index (κ2) is 9.67. The van der Waals surface area contributed by atoms with Crippen LogP contribution in [0.2, 0.25) is 0 Å². The number of carbonyl (C=O) groups excluding carboxylic acids is 1. The zero-order chi connectivity index (χ0) is 21.6. The summed E-state index contributed by atoms with van der Waals surface area (Å²) >= 11 is 0. The van der Waals surface area contributed by atoms with Gasteiger partial charge in [-0.2, -0.15) is 0 Å². The lowest BCUT2D eigenvalue weighted by molar-refractivity contribution is 0.0819. The van der Waals surface area contributed by atoms with Crippen molar-refractivity contribution in [1.29, 1.82) is 0 Å². The van der Waals surface area contributed by atoms with Gasteiger partial charge in [0.15, 0.2) is 0 Å². The van der Waals surface area contributed by atoms with Crippen LogP contribution in [0.5, 0.6) is 5.75 Å². The van der Waals surface area contributed by atoms with Crippen LogP contribution in [-0.4, -0.2) is 39.3 Å². The van der Waals surface area contributed by atoms with Crippen LogP contribution in [0.1, 0.15) is 23.2 Å². The Morgan fingerprint density at radius 3 is 2.26 bits per heavy atom. The first-order valence-electron chi connectivity index (χ1n) is 10.6. The molecule has 1 fully saturated rings. The van der Waals surface area contributed by atoms with Crippen molar-refractivity contribution < 1.29 is 14.3 Å². The van der Waals surface area contributed by atoms with Crippen LogP contribution < -0.4 is 15.0 Å². The number of ether oxygens (including phenoxy) is 2. The Kier molecular flexibility index (Phi) is 6.53. The molecule has 1 heterocycles. The fourth-order valence-electron chi connectivity index (χ4n) is 3.93. The number of hydrogen-bond acceptors (Lipinski definition) is 4. The minimum absolute atomic E-state index is 0.120. The number of anilines is 2. The SMILES string of the molecule is COc1cccc(-c2ccc(C(=O)Nc3ccc(N4CCC(OC)CC4)cc3)cc2)c1. The van der Waals surface area contributed by atoms with E-state index in [-0.39, 0.29) is 5.91 Å². The molecule has 0 bridgehead atoms. The van der Waals surface area contributed by atoms with Crippen molar-refractivity contribution in [3.63, 3.8) is 0 Å². The number of hydrogen-bond donors (Lipinski definition) is 1. The number of methoxy groups -OCH3 is 2. The number of benzene rings is 3. The van der Waals surface area contributed by atoms with Crippen molar-refractivity contribution in [2.45, 2.75) is 18.9 Å². The van der Waals surface area contributed by atoms with Gasteiger partial charge in [0.25, 0.3) is 5.91 Å². The van der Waals surface area contributed by atoms with Crippen LogP contribution in [-0.2, 0) is 4.74 Å². The van der Waals surface area contributed by atoms with Crippen LogP contribution >= 0.6 is 0 Å². The summed E-state index contributed by atoms with van der Waals surface area (Å²) in [5.74, 6) is 0.691. The van der Waals surface area contributed by atoms with Crippen molar-refractivity contribution in [1.82, 2.24) is 0 Å². The Bertz CT molecular complexity index is 1010. The highest BCUT2D eigenvalue weighted by Crippen LogP contribution is 2.25. The fourth-order valence-corrected chi connectivity index (χ4v) is 3.93. The summed E-state index contributed by atoms with van der Waals surface area (Å²) in [6.07, 6.45) is 2.45. The molecule has 0 radical (unpaired) electrons. The highest BCUT2D eigenvalue weighted by Gasteiger charge is 2.18. The Balaban J connectivity index is 1.38. The second-order valence-electron chi connectivity index (χ2n) is 7.73. The lowest BCUT2D eigenvalue weighted by Crippen LogP contribution is -2.36. The standard InChI is InChI=1S/C26H28N2O3/c1-30-24-14-16-28(17-15-24)23-12-10-22(11-13-23)27-26(29)20-8-6-19(7-9-20)21-4-3-5-25(18-21)31-2/h3-13,18,24H,14-17H2,1-2H3,(H,27,29). The van der Waals surface area contributed by atoms with Gasteiger partial charge >= 0.3 is 0 Å². The molecule has 1 amide bonds. The van der Waals surface area contributed by atoms with Crippen molar-refractivity contribution in [3.05, 3.63) is 78.4 Å². The molecule has 1 aliphatic heterocycles. The topological polar surface area (TPSA) is 50.8 Å². The van der Waals surface area contributed by atoms with Gasteiger partial charge in [0.1, 0.15) is 5.75 Å². The number of nitrogens with zero attached hydrogens (tertiary/aromatic N) is 1. The molecule has 3 aromatic carbocycles. The average Bonchev–Trinajstić information content (AvgIpc) is 2.84. The smallest absolute Gasteiger partial charge is 0.255 e. The van der Waals surface area contributed by atoms with E-state index in [4.69, 9.17) is 9.47 Å². The molecular formula is C26H28N2O3. The first-order valence-corrected chi connectivity index (χ1v) is 10.6. The van der Waals surface area contributed by atoms with Crippen molar-refractivity contribution in [2.24, 2.45) is 0 Å². The number of carbonyl (C=O) groups is 1. The van der Waals surface area contributed by atoms with E-state index in [1.165, 1.54) is 5.69 Å². The lowest BCUT2D eigenvalue weighted by Gasteiger charge is -2.33. The Labute approximate surface area is 183 Å². The molecule has 0 spiro atoms. The van der Waals surface area contributed by atoms with Crippen LogP contribution in [0.4, 0.5) is 11.4 Å². The summed E-state index contributed by atoms with van der Waals surface area (Å²) in [7, 11) is 3.44. The third kappa shape index (κ3) is 5.06. The fraction of sp³-hybridized carbons (Fsp3) is 0.269. The summed E-state index contributed by atoms with van der Waals surface area (Å²) in [6.45, 7) is 1.98. The van der Waals surface area contributed by atoms with E-state index in [0.29, 0.717) is 11.7 Å². The van der Waals surface area contributed by atoms with Crippen molar-refractivity contribution in [2.75, 3.05) is 37.5 Å². The molecular weight excluding hydrogens is 388 g/mol. The van der Waals surface area contributed by atoms with Gasteiger partial charge < -0.3 is 19.7 Å². The van der Waals surface area contributed by atoms with E-state index >= 15 is 0 Å². The predicted octanol–water partition coefficient (Wildman–Crippen LogP) is 5.23. The minimum atomic E-state index is -0.120. The summed E-state index contributed by atoms with van der Waals surface area (Å²) in [4.78, 5) is 15.0. The molecule has 5 heteroatoms. The van der Waals surface area contributed by atoms with Gasteiger partial charge in [-0.25, -0.2) is 0 Å². The van der Waals surface area contributed by atoms with Crippen molar-refractivity contribution in [3.8, 4) is 16.9 Å². The number of nitrogens with one attached hydrogen (secondary N) is 1. The largest absolute Gasteiger partial charge is 0.497 e. The Hall–Kier alpha value is -3.31. The zero-order valence-electron chi connectivity index (χ0n) is 18.0. The number of piperidine rings is 1. The molecule has 1 aliphatic rings. The molecule has 1 saturated heterocycles. The number of amides is 1. The zero-order valence-corrected chi connectivity index (χ0v) is 18.0. The van der Waals surface area contributed by atoms with Gasteiger partial charge in [0, 0.05) is 37.1 Å². The highest BCUT2D eigenvalue weighted by molar-refractivity contribution is 6.04. The summed E-state index contributed by atoms with van der Waals surface area (Å²) in [5.41, 5.74) is 4.68. The summed E-state index contributed by atoms with van der Waals surface area (Å²) < 4.78 is 10.7. The first kappa shape index (κ1) is 20.9. The quantitative estimate of drug-likeness (QED) is 0.598. The minimum Gasteiger partial charge on any atom is -0.497 e. The predicted molar refractivity (Wildman–Crippen MR) is 125 cm³/mol. The van der Waals surface area contributed by atoms with E-state index in [9.17, 15) is 4.79 Å². The summed E-state index contributed by atoms with van der Waals surface area (Å²) in [6, 6.07) is 23.5. The van der Waals surface area contributed by atoms with Crippen LogP contribution in [0.15, 0.2) is 72.8 Å². The van der Waals surface area contributed by atoms with Gasteiger partial charge in [0.05, 0.1) is 13.2 Å². The monoisotopic (exact) mass is 416 g/mol. The van der Waals surface area contributed by atoms with E-state index in [1.54, 1.807) is 14.2 Å². The van der Waals surface area contributed by atoms with Gasteiger partial charge in [-0.3, -0.25) is 4.79 Å². The maximum absolute atomic E-state index is 12.7. The van der Waals surface area contributed by atoms with Crippen LogP contribution in [0.3, 0.4) is 0 Å². The first-order chi connectivity index (χ1) is 15.2. The van der Waals surface area contributed by atoms with Gasteiger partial charge in [-0.1, -0.05) is 24.3 Å². The third-order valence-electron chi connectivity index (χ3n) is 5.82. The molecule has 4 rings (SSSR count). The molecule has 160 valence electrons. The Morgan fingerprint density at radius 1 is 0.903 bits per heavy atom. The molecule has 0 unspecified atom stereocenters. The third-order valence-corrected chi connectivity index (χ3v) is 5.82. The maximum atomic E-state index is 12.7. The lowest BCUT2D eigenvalue weighted by atomic mass is 10.0. The second-order valence-corrected chi connectivity index (χ2v) is 7.73. The molecule has 0 saturated carbocycles. The molecule has 0 atom stereocenters. The van der Waals surface area contributed by atoms with Gasteiger partial charge in [-0.05, 0) is 72.5 Å². The average molecular weight is 417 g/mol. The molecule has 0 aromatic heterocycles. The molecule has 1 N–H and O–H groups in total. The summed E-state index contributed by atoms with van der Waals surface area (Å²) in [5, 5.41) is 2.98.